The van der Waals surface area contributed by atoms with Gasteiger partial charge in [-0.05, 0) is 0 Å². The van der Waals surface area contributed by atoms with Crippen LogP contribution in [0.25, 0.3) is 0 Å². The summed E-state index contributed by atoms with van der Waals surface area (Å²) >= 11 is 0. The first kappa shape index (κ1) is 8.46. The van der Waals surface area contributed by atoms with E-state index in [9.17, 15) is 4.39 Å². The molecule has 0 aromatic rings. The SMILES string of the molecule is FC1=CC=NN(N2CCOCC2)N1. The monoisotopic (exact) mass is 186 g/mol. The van der Waals surface area contributed by atoms with Gasteiger partial charge in [-0.25, -0.2) is 5.43 Å². The van der Waals surface area contributed by atoms with Gasteiger partial charge in [0.1, 0.15) is 0 Å². The van der Waals surface area contributed by atoms with Crippen molar-refractivity contribution in [3.63, 3.8) is 0 Å². The molecule has 2 rings (SSSR count). The number of nitrogens with zero attached hydrogens (tertiary/aromatic N) is 3. The Kier molecular flexibility index (Phi) is 2.42. The van der Waals surface area contributed by atoms with Crippen molar-refractivity contribution < 1.29 is 9.13 Å². The Morgan fingerprint density at radius 3 is 2.92 bits per heavy atom. The molecular weight excluding hydrogens is 175 g/mol. The van der Waals surface area contributed by atoms with E-state index in [4.69, 9.17) is 4.74 Å². The number of allylic oxidation sites excluding steroid dienone is 1. The Morgan fingerprint density at radius 1 is 1.46 bits per heavy atom. The number of hydrazone groups is 1. The predicted octanol–water partition coefficient (Wildman–Crippen LogP) is -0.149. The molecule has 2 aliphatic rings. The fraction of sp³-hybridized carbons (Fsp3) is 0.571. The molecule has 0 bridgehead atoms. The maximum atomic E-state index is 12.7. The van der Waals surface area contributed by atoms with Crippen molar-refractivity contribution >= 4 is 6.21 Å². The van der Waals surface area contributed by atoms with Gasteiger partial charge in [0.25, 0.3) is 0 Å². The lowest BCUT2D eigenvalue weighted by Crippen LogP contribution is -2.52. The minimum absolute atomic E-state index is 0.401. The number of hydrogen-bond acceptors (Lipinski definition) is 5. The van der Waals surface area contributed by atoms with Gasteiger partial charge in [0.15, 0.2) is 0 Å². The summed E-state index contributed by atoms with van der Waals surface area (Å²) in [6.07, 6.45) is 2.69. The summed E-state index contributed by atoms with van der Waals surface area (Å²) < 4.78 is 17.9. The van der Waals surface area contributed by atoms with Crippen molar-refractivity contribution in [2.24, 2.45) is 5.10 Å². The van der Waals surface area contributed by atoms with Crippen LogP contribution >= 0.6 is 0 Å². The molecule has 0 radical (unpaired) electrons. The van der Waals surface area contributed by atoms with Crippen LogP contribution in [0.5, 0.6) is 0 Å². The molecule has 2 heterocycles. The lowest BCUT2D eigenvalue weighted by molar-refractivity contribution is -0.117. The van der Waals surface area contributed by atoms with Gasteiger partial charge >= 0.3 is 0 Å². The molecule has 0 aromatic carbocycles. The molecule has 0 spiro atoms. The molecule has 0 unspecified atom stereocenters. The summed E-state index contributed by atoms with van der Waals surface area (Å²) in [4.78, 5) is 0. The molecule has 1 N–H and O–H groups in total. The summed E-state index contributed by atoms with van der Waals surface area (Å²) in [5, 5.41) is 7.24. The van der Waals surface area contributed by atoms with Gasteiger partial charge in [-0.1, -0.05) is 0 Å². The molecule has 0 amide bonds. The van der Waals surface area contributed by atoms with Crippen LogP contribution in [-0.4, -0.2) is 42.8 Å². The van der Waals surface area contributed by atoms with Crippen molar-refractivity contribution in [3.8, 4) is 0 Å². The Bertz CT molecular complexity index is 237. The minimum Gasteiger partial charge on any atom is -0.379 e. The van der Waals surface area contributed by atoms with Crippen molar-refractivity contribution in [1.82, 2.24) is 15.7 Å². The molecule has 1 fully saturated rings. The largest absolute Gasteiger partial charge is 0.379 e. The number of nitrogens with one attached hydrogen (secondary N) is 1. The second kappa shape index (κ2) is 3.71. The fourth-order valence-electron chi connectivity index (χ4n) is 1.21. The number of ether oxygens (including phenoxy) is 1. The zero-order chi connectivity index (χ0) is 9.10. The van der Waals surface area contributed by atoms with Crippen LogP contribution in [0.1, 0.15) is 0 Å². The summed E-state index contributed by atoms with van der Waals surface area (Å²) in [5.41, 5.74) is 2.49. The first-order valence-corrected chi connectivity index (χ1v) is 4.15. The molecule has 0 atom stereocenters. The smallest absolute Gasteiger partial charge is 0.209 e. The molecule has 2 aliphatic heterocycles. The van der Waals surface area contributed by atoms with Crippen LogP contribution in [0.2, 0.25) is 0 Å². The topological polar surface area (TPSA) is 40.1 Å². The van der Waals surface area contributed by atoms with E-state index in [-0.39, 0.29) is 0 Å². The number of morpholine rings is 1. The molecule has 0 aliphatic carbocycles. The van der Waals surface area contributed by atoms with Gasteiger partial charge in [0, 0.05) is 19.2 Å². The summed E-state index contributed by atoms with van der Waals surface area (Å²) in [7, 11) is 0. The van der Waals surface area contributed by atoms with E-state index in [0.717, 1.165) is 13.1 Å². The van der Waals surface area contributed by atoms with Crippen molar-refractivity contribution in [1.29, 1.82) is 0 Å². The van der Waals surface area contributed by atoms with Gasteiger partial charge in [-0.15, -0.1) is 10.3 Å². The predicted molar refractivity (Wildman–Crippen MR) is 45.0 cm³/mol. The maximum Gasteiger partial charge on any atom is 0.209 e. The molecule has 6 heteroatoms. The second-order valence-electron chi connectivity index (χ2n) is 2.75. The van der Waals surface area contributed by atoms with Crippen molar-refractivity contribution in [2.45, 2.75) is 0 Å². The summed E-state index contributed by atoms with van der Waals surface area (Å²) in [5.74, 6) is -0.401. The molecular formula is C7H11FN4O. The van der Waals surface area contributed by atoms with Crippen molar-refractivity contribution in [3.05, 3.63) is 12.0 Å². The molecule has 1 saturated heterocycles. The Morgan fingerprint density at radius 2 is 2.23 bits per heavy atom. The van der Waals surface area contributed by atoms with Crippen LogP contribution in [-0.2, 0) is 4.74 Å². The lowest BCUT2D eigenvalue weighted by atomic mass is 10.5. The number of hydrogen-bond donors (Lipinski definition) is 1. The normalized spacial score (nSPS) is 24.1. The highest BCUT2D eigenvalue weighted by atomic mass is 19.1. The average Bonchev–Trinajstić information content (AvgIpc) is 2.19. The third kappa shape index (κ3) is 1.96. The summed E-state index contributed by atoms with van der Waals surface area (Å²) in [6, 6.07) is 0. The van der Waals surface area contributed by atoms with E-state index in [0.29, 0.717) is 13.2 Å². The lowest BCUT2D eigenvalue weighted by Gasteiger charge is -2.35. The molecule has 13 heavy (non-hydrogen) atoms. The van der Waals surface area contributed by atoms with Crippen LogP contribution in [0.15, 0.2) is 17.1 Å². The zero-order valence-electron chi connectivity index (χ0n) is 7.11. The minimum atomic E-state index is -0.401. The summed E-state index contributed by atoms with van der Waals surface area (Å²) in [6.45, 7) is 2.74. The zero-order valence-corrected chi connectivity index (χ0v) is 7.11. The molecule has 72 valence electrons. The van der Waals surface area contributed by atoms with Crippen LogP contribution in [0, 0.1) is 0 Å². The van der Waals surface area contributed by atoms with E-state index in [1.54, 1.807) is 0 Å². The number of rotatable bonds is 1. The van der Waals surface area contributed by atoms with Gasteiger partial charge in [-0.2, -0.15) is 9.40 Å². The standard InChI is InChI=1S/C7H11FN4O/c8-7-1-2-9-12(10-7)11-3-5-13-6-4-11/h1-2,10H,3-6H2. The molecule has 5 nitrogen and oxygen atoms in total. The van der Waals surface area contributed by atoms with Crippen LogP contribution in [0.4, 0.5) is 4.39 Å². The van der Waals surface area contributed by atoms with E-state index < -0.39 is 5.95 Å². The van der Waals surface area contributed by atoms with Gasteiger partial charge < -0.3 is 4.74 Å². The first-order chi connectivity index (χ1) is 6.36. The van der Waals surface area contributed by atoms with E-state index >= 15 is 0 Å². The van der Waals surface area contributed by atoms with E-state index in [1.807, 2.05) is 5.01 Å². The third-order valence-corrected chi connectivity index (χ3v) is 1.86. The van der Waals surface area contributed by atoms with Gasteiger partial charge in [0.05, 0.1) is 19.4 Å². The number of hydrazine groups is 2. The van der Waals surface area contributed by atoms with E-state index in [1.165, 1.54) is 17.5 Å². The van der Waals surface area contributed by atoms with E-state index in [2.05, 4.69) is 10.5 Å². The Labute approximate surface area is 75.4 Å². The highest BCUT2D eigenvalue weighted by Gasteiger charge is 2.18. The second-order valence-corrected chi connectivity index (χ2v) is 2.75. The highest BCUT2D eigenvalue weighted by molar-refractivity contribution is 5.71. The van der Waals surface area contributed by atoms with Crippen LogP contribution < -0.4 is 5.43 Å². The molecule has 0 aromatic heterocycles. The Balaban J connectivity index is 1.93. The quantitative estimate of drug-likeness (QED) is 0.578. The number of halogens is 1. The Hall–Kier alpha value is -1.14. The van der Waals surface area contributed by atoms with Crippen LogP contribution in [0.3, 0.4) is 0 Å². The fourth-order valence-corrected chi connectivity index (χ4v) is 1.21. The first-order valence-electron chi connectivity index (χ1n) is 4.15. The average molecular weight is 186 g/mol. The van der Waals surface area contributed by atoms with Gasteiger partial charge in [0.2, 0.25) is 5.95 Å². The third-order valence-electron chi connectivity index (χ3n) is 1.86. The maximum absolute atomic E-state index is 12.7. The van der Waals surface area contributed by atoms with Gasteiger partial charge in [-0.3, -0.25) is 0 Å². The van der Waals surface area contributed by atoms with Crippen molar-refractivity contribution in [2.75, 3.05) is 26.3 Å². The highest BCUT2D eigenvalue weighted by Crippen LogP contribution is 2.05. The molecule has 0 saturated carbocycles.